The Morgan fingerprint density at radius 3 is 3.00 bits per heavy atom. The van der Waals surface area contributed by atoms with Gasteiger partial charge in [0.2, 0.25) is 11.8 Å². The average molecular weight is 241 g/mol. The molecule has 17 heavy (non-hydrogen) atoms. The molecular weight excluding hydrogens is 222 g/mol. The fourth-order valence-electron chi connectivity index (χ4n) is 2.24. The number of rotatable bonds is 4. The molecule has 2 aliphatic heterocycles. The first kappa shape index (κ1) is 12.3. The number of likely N-dealkylation sites (tertiary alicyclic amines) is 1. The fourth-order valence-corrected chi connectivity index (χ4v) is 2.24. The predicted octanol–water partition coefficient (Wildman–Crippen LogP) is -1.55. The summed E-state index contributed by atoms with van der Waals surface area (Å²) < 4.78 is 0. The molecule has 2 fully saturated rings. The number of hydrogen-bond acceptors (Lipinski definition) is 4. The summed E-state index contributed by atoms with van der Waals surface area (Å²) in [7, 11) is 0. The highest BCUT2D eigenvalue weighted by Crippen LogP contribution is 2.12. The summed E-state index contributed by atoms with van der Waals surface area (Å²) in [4.78, 5) is 24.5. The van der Waals surface area contributed by atoms with Crippen LogP contribution in [0.25, 0.3) is 0 Å². The van der Waals surface area contributed by atoms with Gasteiger partial charge in [-0.3, -0.25) is 9.59 Å². The van der Waals surface area contributed by atoms with Gasteiger partial charge in [0.25, 0.3) is 0 Å². The summed E-state index contributed by atoms with van der Waals surface area (Å²) in [5.41, 5.74) is -0.829. The van der Waals surface area contributed by atoms with Crippen molar-refractivity contribution in [3.63, 3.8) is 0 Å². The van der Waals surface area contributed by atoms with E-state index in [1.807, 2.05) is 0 Å². The van der Waals surface area contributed by atoms with Crippen molar-refractivity contribution in [3.05, 3.63) is 0 Å². The van der Waals surface area contributed by atoms with E-state index in [4.69, 9.17) is 0 Å². The van der Waals surface area contributed by atoms with Crippen molar-refractivity contribution in [2.75, 3.05) is 32.7 Å². The minimum atomic E-state index is -0.829. The largest absolute Gasteiger partial charge is 0.387 e. The van der Waals surface area contributed by atoms with Gasteiger partial charge in [0.1, 0.15) is 0 Å². The lowest BCUT2D eigenvalue weighted by Crippen LogP contribution is -2.47. The van der Waals surface area contributed by atoms with E-state index in [9.17, 15) is 14.7 Å². The van der Waals surface area contributed by atoms with E-state index in [1.54, 1.807) is 4.90 Å². The summed E-state index contributed by atoms with van der Waals surface area (Å²) in [6, 6.07) is 0. The predicted molar refractivity (Wildman–Crippen MR) is 61.3 cm³/mol. The molecule has 3 N–H and O–H groups in total. The van der Waals surface area contributed by atoms with Gasteiger partial charge in [-0.1, -0.05) is 0 Å². The first-order chi connectivity index (χ1) is 8.09. The van der Waals surface area contributed by atoms with Crippen LogP contribution in [-0.4, -0.2) is 60.1 Å². The van der Waals surface area contributed by atoms with Crippen LogP contribution in [0.1, 0.15) is 19.3 Å². The van der Waals surface area contributed by atoms with Crippen LogP contribution in [-0.2, 0) is 9.59 Å². The monoisotopic (exact) mass is 241 g/mol. The molecule has 1 unspecified atom stereocenters. The number of amides is 2. The number of carbonyl (C=O) groups excluding carboxylic acids is 2. The minimum Gasteiger partial charge on any atom is -0.387 e. The molecule has 0 radical (unpaired) electrons. The van der Waals surface area contributed by atoms with E-state index in [1.165, 1.54) is 0 Å². The third kappa shape index (κ3) is 3.17. The third-order valence-electron chi connectivity index (χ3n) is 3.34. The Morgan fingerprint density at radius 1 is 1.59 bits per heavy atom. The molecule has 2 heterocycles. The summed E-state index contributed by atoms with van der Waals surface area (Å²) in [5.74, 6) is -0.151. The number of nitrogens with zero attached hydrogens (tertiary/aromatic N) is 1. The summed E-state index contributed by atoms with van der Waals surface area (Å²) in [6.07, 6.45) is 2.02. The molecule has 0 spiro atoms. The van der Waals surface area contributed by atoms with E-state index in [0.29, 0.717) is 25.9 Å². The number of aliphatic hydroxyl groups is 1. The van der Waals surface area contributed by atoms with Gasteiger partial charge in [0.05, 0.1) is 12.1 Å². The third-order valence-corrected chi connectivity index (χ3v) is 3.34. The number of β-amino-alcohol motifs (C(OH)–C–C–N with tert-alkyl or cyclic N) is 1. The summed E-state index contributed by atoms with van der Waals surface area (Å²) in [6.45, 7) is 2.31. The Kier molecular flexibility index (Phi) is 3.63. The minimum absolute atomic E-state index is 0.0430. The first-order valence-electron chi connectivity index (χ1n) is 6.07. The van der Waals surface area contributed by atoms with Crippen LogP contribution in [0.5, 0.6) is 0 Å². The maximum absolute atomic E-state index is 11.6. The van der Waals surface area contributed by atoms with Crippen LogP contribution >= 0.6 is 0 Å². The van der Waals surface area contributed by atoms with Crippen LogP contribution < -0.4 is 10.6 Å². The average Bonchev–Trinajstić information content (AvgIpc) is 2.87. The van der Waals surface area contributed by atoms with Gasteiger partial charge in [-0.2, -0.15) is 0 Å². The Labute approximate surface area is 100 Å². The van der Waals surface area contributed by atoms with Gasteiger partial charge >= 0.3 is 0 Å². The molecule has 0 aromatic carbocycles. The molecule has 0 aromatic heterocycles. The topological polar surface area (TPSA) is 81.7 Å². The molecule has 6 heteroatoms. The van der Waals surface area contributed by atoms with Gasteiger partial charge in [-0.05, 0) is 19.4 Å². The van der Waals surface area contributed by atoms with Gasteiger partial charge in [0.15, 0.2) is 0 Å². The molecule has 2 saturated heterocycles. The SMILES string of the molecule is O=C(CN1CCCC1=O)NCC1(O)CCNC1. The van der Waals surface area contributed by atoms with E-state index in [-0.39, 0.29) is 24.9 Å². The molecule has 2 amide bonds. The molecular formula is C11H19N3O3. The zero-order chi connectivity index (χ0) is 12.3. The molecule has 2 aliphatic rings. The number of hydrogen-bond donors (Lipinski definition) is 3. The summed E-state index contributed by atoms with van der Waals surface area (Å²) in [5, 5.41) is 15.7. The molecule has 1 atom stereocenters. The zero-order valence-corrected chi connectivity index (χ0v) is 9.87. The first-order valence-corrected chi connectivity index (χ1v) is 6.07. The van der Waals surface area contributed by atoms with Crippen LogP contribution in [0.3, 0.4) is 0 Å². The van der Waals surface area contributed by atoms with E-state index in [2.05, 4.69) is 10.6 Å². The molecule has 6 nitrogen and oxygen atoms in total. The van der Waals surface area contributed by atoms with E-state index < -0.39 is 5.60 Å². The molecule has 2 rings (SSSR count). The summed E-state index contributed by atoms with van der Waals surface area (Å²) >= 11 is 0. The Balaban J connectivity index is 1.72. The zero-order valence-electron chi connectivity index (χ0n) is 9.87. The molecule has 96 valence electrons. The smallest absolute Gasteiger partial charge is 0.239 e. The highest BCUT2D eigenvalue weighted by molar-refractivity contribution is 5.85. The van der Waals surface area contributed by atoms with Crippen molar-refractivity contribution in [3.8, 4) is 0 Å². The Bertz CT molecular complexity index is 313. The molecule has 0 saturated carbocycles. The van der Waals surface area contributed by atoms with Crippen molar-refractivity contribution >= 4 is 11.8 Å². The van der Waals surface area contributed by atoms with E-state index >= 15 is 0 Å². The second-order valence-corrected chi connectivity index (χ2v) is 4.85. The van der Waals surface area contributed by atoms with Gasteiger partial charge in [-0.25, -0.2) is 0 Å². The van der Waals surface area contributed by atoms with Crippen molar-refractivity contribution in [2.45, 2.75) is 24.9 Å². The lowest BCUT2D eigenvalue weighted by atomic mass is 10.0. The van der Waals surface area contributed by atoms with Crippen LogP contribution in [0, 0.1) is 0 Å². The van der Waals surface area contributed by atoms with Crippen LogP contribution in [0.4, 0.5) is 0 Å². The van der Waals surface area contributed by atoms with Gasteiger partial charge in [0, 0.05) is 26.1 Å². The maximum Gasteiger partial charge on any atom is 0.239 e. The standard InChI is InChI=1S/C11H19N3O3/c15-9(6-14-5-1-2-10(14)16)13-8-11(17)3-4-12-7-11/h12,17H,1-8H2,(H,13,15). The normalized spacial score (nSPS) is 28.8. The van der Waals surface area contributed by atoms with E-state index in [0.717, 1.165) is 13.0 Å². The van der Waals surface area contributed by atoms with Crippen molar-refractivity contribution in [2.24, 2.45) is 0 Å². The molecule has 0 aromatic rings. The lowest BCUT2D eigenvalue weighted by molar-refractivity contribution is -0.133. The van der Waals surface area contributed by atoms with Crippen LogP contribution in [0.2, 0.25) is 0 Å². The Morgan fingerprint density at radius 2 is 2.41 bits per heavy atom. The van der Waals surface area contributed by atoms with Gasteiger partial charge in [-0.15, -0.1) is 0 Å². The number of carbonyl (C=O) groups is 2. The second kappa shape index (κ2) is 5.01. The second-order valence-electron chi connectivity index (χ2n) is 4.85. The lowest BCUT2D eigenvalue weighted by Gasteiger charge is -2.22. The van der Waals surface area contributed by atoms with Crippen molar-refractivity contribution in [1.29, 1.82) is 0 Å². The molecule has 0 aliphatic carbocycles. The van der Waals surface area contributed by atoms with Crippen molar-refractivity contribution in [1.82, 2.24) is 15.5 Å². The Hall–Kier alpha value is -1.14. The quantitative estimate of drug-likeness (QED) is 0.556. The highest BCUT2D eigenvalue weighted by Gasteiger charge is 2.31. The van der Waals surface area contributed by atoms with Gasteiger partial charge < -0.3 is 20.6 Å². The number of nitrogens with one attached hydrogen (secondary N) is 2. The fraction of sp³-hybridized carbons (Fsp3) is 0.818. The van der Waals surface area contributed by atoms with Crippen molar-refractivity contribution < 1.29 is 14.7 Å². The molecule has 0 bridgehead atoms. The highest BCUT2D eigenvalue weighted by atomic mass is 16.3. The van der Waals surface area contributed by atoms with Crippen LogP contribution in [0.15, 0.2) is 0 Å². The maximum atomic E-state index is 11.6.